The van der Waals surface area contributed by atoms with Gasteiger partial charge in [-0.3, -0.25) is 14.5 Å². The summed E-state index contributed by atoms with van der Waals surface area (Å²) in [5, 5.41) is 3.75. The summed E-state index contributed by atoms with van der Waals surface area (Å²) in [4.78, 5) is 32.4. The monoisotopic (exact) mass is 513 g/mol. The molecule has 1 unspecified atom stereocenters. The predicted molar refractivity (Wildman–Crippen MR) is 138 cm³/mol. The highest BCUT2D eigenvalue weighted by Crippen LogP contribution is 2.31. The number of hydrogen-bond acceptors (Lipinski definition) is 5. The third-order valence-corrected chi connectivity index (χ3v) is 6.75. The molecule has 174 valence electrons. The number of ether oxygens (including phenoxy) is 1. The summed E-state index contributed by atoms with van der Waals surface area (Å²) >= 11 is 13.3. The van der Waals surface area contributed by atoms with Gasteiger partial charge in [-0.15, -0.1) is 0 Å². The van der Waals surface area contributed by atoms with E-state index in [0.717, 1.165) is 11.3 Å². The molecule has 0 spiro atoms. The van der Waals surface area contributed by atoms with E-state index < -0.39 is 5.25 Å². The fourth-order valence-electron chi connectivity index (χ4n) is 3.33. The van der Waals surface area contributed by atoms with Crippen LogP contribution in [0.25, 0.3) is 0 Å². The topological polar surface area (TPSA) is 71.0 Å². The van der Waals surface area contributed by atoms with E-state index >= 15 is 0 Å². The van der Waals surface area contributed by atoms with Gasteiger partial charge in [0, 0.05) is 22.2 Å². The first-order valence-electron chi connectivity index (χ1n) is 10.4. The number of thioether (sulfide) groups is 1. The molecule has 34 heavy (non-hydrogen) atoms. The van der Waals surface area contributed by atoms with Gasteiger partial charge in [-0.25, -0.2) is 4.99 Å². The molecule has 1 fully saturated rings. The number of nitrogens with zero attached hydrogens (tertiary/aromatic N) is 2. The van der Waals surface area contributed by atoms with E-state index in [1.54, 1.807) is 60.5 Å². The van der Waals surface area contributed by atoms with E-state index in [1.807, 2.05) is 24.3 Å². The Labute approximate surface area is 211 Å². The second kappa shape index (κ2) is 11.0. The number of methoxy groups -OCH3 is 1. The first kappa shape index (κ1) is 24.1. The van der Waals surface area contributed by atoms with Crippen molar-refractivity contribution in [1.82, 2.24) is 4.90 Å². The summed E-state index contributed by atoms with van der Waals surface area (Å²) in [5.41, 5.74) is 2.12. The summed E-state index contributed by atoms with van der Waals surface area (Å²) in [7, 11) is 1.60. The molecule has 1 aliphatic rings. The van der Waals surface area contributed by atoms with Gasteiger partial charge in [0.05, 0.1) is 19.3 Å². The number of hydrogen-bond donors (Lipinski definition) is 1. The molecule has 4 rings (SSSR count). The highest BCUT2D eigenvalue weighted by Gasteiger charge is 2.36. The number of amides is 2. The van der Waals surface area contributed by atoms with Crippen LogP contribution < -0.4 is 10.1 Å². The van der Waals surface area contributed by atoms with Crippen molar-refractivity contribution in [3.05, 3.63) is 88.4 Å². The molecule has 0 aromatic heterocycles. The van der Waals surface area contributed by atoms with Crippen LogP contribution in [0.15, 0.2) is 77.8 Å². The van der Waals surface area contributed by atoms with E-state index in [9.17, 15) is 9.59 Å². The highest BCUT2D eigenvalue weighted by atomic mass is 35.5. The van der Waals surface area contributed by atoms with Gasteiger partial charge in [-0.2, -0.15) is 0 Å². The number of nitrogens with one attached hydrogen (secondary N) is 1. The van der Waals surface area contributed by atoms with Crippen LogP contribution >= 0.6 is 35.0 Å². The van der Waals surface area contributed by atoms with Crippen molar-refractivity contribution in [2.75, 3.05) is 12.4 Å². The molecule has 2 amide bonds. The number of aliphatic imine (C=N–C) groups is 1. The number of amidine groups is 1. The Bertz CT molecular complexity index is 1220. The fourth-order valence-corrected chi connectivity index (χ4v) is 4.74. The van der Waals surface area contributed by atoms with Crippen LogP contribution in [-0.4, -0.2) is 34.2 Å². The SMILES string of the molecule is COc1ccc(CN2C(=O)CC(C(=O)Nc3cccc(Cl)c3)SC2=Nc2ccc(Cl)cc2)cc1. The Morgan fingerprint density at radius 1 is 1.09 bits per heavy atom. The Kier molecular flexibility index (Phi) is 7.77. The Morgan fingerprint density at radius 3 is 2.50 bits per heavy atom. The van der Waals surface area contributed by atoms with Gasteiger partial charge in [-0.1, -0.05) is 53.2 Å². The normalized spacial score (nSPS) is 17.0. The molecule has 9 heteroatoms. The zero-order valence-electron chi connectivity index (χ0n) is 18.2. The van der Waals surface area contributed by atoms with Crippen LogP contribution in [0.5, 0.6) is 5.75 Å². The minimum atomic E-state index is -0.635. The van der Waals surface area contributed by atoms with E-state index in [-0.39, 0.29) is 18.2 Å². The molecule has 1 heterocycles. The molecule has 1 aliphatic heterocycles. The standard InChI is InChI=1S/C25H21Cl2N3O3S/c1-33-21-11-5-16(6-12-21)15-30-23(31)14-22(24(32)28-20-4-2-3-18(27)13-20)34-25(30)29-19-9-7-17(26)8-10-19/h2-13,22H,14-15H2,1H3,(H,28,32). The number of rotatable bonds is 6. The maximum absolute atomic E-state index is 13.2. The average Bonchev–Trinajstić information content (AvgIpc) is 2.83. The minimum absolute atomic E-state index is 0.0485. The predicted octanol–water partition coefficient (Wildman–Crippen LogP) is 6.16. The second-order valence-corrected chi connectivity index (χ2v) is 9.55. The molecule has 1 N–H and O–H groups in total. The van der Waals surface area contributed by atoms with E-state index in [1.165, 1.54) is 11.8 Å². The Balaban J connectivity index is 1.59. The summed E-state index contributed by atoms with van der Waals surface area (Å²) < 4.78 is 5.21. The van der Waals surface area contributed by atoms with Crippen LogP contribution in [0.4, 0.5) is 11.4 Å². The average molecular weight is 514 g/mol. The van der Waals surface area contributed by atoms with Crippen molar-refractivity contribution in [3.63, 3.8) is 0 Å². The second-order valence-electron chi connectivity index (χ2n) is 7.51. The lowest BCUT2D eigenvalue weighted by atomic mass is 10.2. The lowest BCUT2D eigenvalue weighted by Crippen LogP contribution is -2.44. The molecule has 6 nitrogen and oxygen atoms in total. The van der Waals surface area contributed by atoms with Crippen molar-refractivity contribution >= 4 is 63.3 Å². The van der Waals surface area contributed by atoms with Crippen LogP contribution in [0.3, 0.4) is 0 Å². The number of carbonyl (C=O) groups is 2. The van der Waals surface area contributed by atoms with Crippen LogP contribution in [-0.2, 0) is 16.1 Å². The largest absolute Gasteiger partial charge is 0.497 e. The zero-order valence-corrected chi connectivity index (χ0v) is 20.5. The molecule has 3 aromatic rings. The third-order valence-electron chi connectivity index (χ3n) is 5.08. The van der Waals surface area contributed by atoms with Crippen molar-refractivity contribution in [2.45, 2.75) is 18.2 Å². The van der Waals surface area contributed by atoms with Crippen molar-refractivity contribution in [2.24, 2.45) is 4.99 Å². The zero-order chi connectivity index (χ0) is 24.1. The molecule has 1 atom stereocenters. The van der Waals surface area contributed by atoms with E-state index in [4.69, 9.17) is 27.9 Å². The quantitative estimate of drug-likeness (QED) is 0.428. The van der Waals surface area contributed by atoms with Gasteiger partial charge in [0.15, 0.2) is 5.17 Å². The van der Waals surface area contributed by atoms with Gasteiger partial charge in [-0.05, 0) is 60.2 Å². The van der Waals surface area contributed by atoms with Crippen LogP contribution in [0.1, 0.15) is 12.0 Å². The van der Waals surface area contributed by atoms with Gasteiger partial charge in [0.2, 0.25) is 11.8 Å². The van der Waals surface area contributed by atoms with Crippen LogP contribution in [0.2, 0.25) is 10.0 Å². The number of anilines is 1. The maximum Gasteiger partial charge on any atom is 0.238 e. The number of halogens is 2. The van der Waals surface area contributed by atoms with E-state index in [0.29, 0.717) is 33.1 Å². The molecule has 0 bridgehead atoms. The minimum Gasteiger partial charge on any atom is -0.497 e. The van der Waals surface area contributed by atoms with Gasteiger partial charge < -0.3 is 10.1 Å². The maximum atomic E-state index is 13.2. The van der Waals surface area contributed by atoms with Gasteiger partial charge >= 0.3 is 0 Å². The lowest BCUT2D eigenvalue weighted by Gasteiger charge is -2.32. The molecule has 3 aromatic carbocycles. The Hall–Kier alpha value is -3.00. The van der Waals surface area contributed by atoms with Crippen molar-refractivity contribution < 1.29 is 14.3 Å². The first-order chi connectivity index (χ1) is 16.4. The van der Waals surface area contributed by atoms with E-state index in [2.05, 4.69) is 10.3 Å². The summed E-state index contributed by atoms with van der Waals surface area (Å²) in [6.45, 7) is 0.324. The number of benzene rings is 3. The lowest BCUT2D eigenvalue weighted by molar-refractivity contribution is -0.129. The van der Waals surface area contributed by atoms with Crippen molar-refractivity contribution in [3.8, 4) is 5.75 Å². The molecular formula is C25H21Cl2N3O3S. The van der Waals surface area contributed by atoms with Gasteiger partial charge in [0.25, 0.3) is 0 Å². The smallest absolute Gasteiger partial charge is 0.238 e. The summed E-state index contributed by atoms with van der Waals surface area (Å²) in [6.07, 6.45) is 0.0485. The molecule has 0 aliphatic carbocycles. The Morgan fingerprint density at radius 2 is 1.82 bits per heavy atom. The summed E-state index contributed by atoms with van der Waals surface area (Å²) in [6, 6.07) is 21.4. The molecule has 1 saturated heterocycles. The van der Waals surface area contributed by atoms with Crippen molar-refractivity contribution in [1.29, 1.82) is 0 Å². The number of carbonyl (C=O) groups excluding carboxylic acids is 2. The molecule has 0 radical (unpaired) electrons. The molecule has 0 saturated carbocycles. The van der Waals surface area contributed by atoms with Crippen LogP contribution in [0, 0.1) is 0 Å². The first-order valence-corrected chi connectivity index (χ1v) is 12.1. The van der Waals surface area contributed by atoms with Gasteiger partial charge in [0.1, 0.15) is 11.0 Å². The third kappa shape index (κ3) is 6.11. The highest BCUT2D eigenvalue weighted by molar-refractivity contribution is 8.15. The fraction of sp³-hybridized carbons (Fsp3) is 0.160. The summed E-state index contributed by atoms with van der Waals surface area (Å²) in [5.74, 6) is 0.262. The molecular weight excluding hydrogens is 493 g/mol.